The summed E-state index contributed by atoms with van der Waals surface area (Å²) in [5.74, 6) is 0. The van der Waals surface area contributed by atoms with E-state index in [4.69, 9.17) is 0 Å². The third kappa shape index (κ3) is 2.83. The van der Waals surface area contributed by atoms with Crippen molar-refractivity contribution in [2.45, 2.75) is 40.0 Å². The molecule has 0 bridgehead atoms. The van der Waals surface area contributed by atoms with Gasteiger partial charge in [-0.05, 0) is 29.5 Å². The first-order valence-electron chi connectivity index (χ1n) is 5.09. The van der Waals surface area contributed by atoms with Gasteiger partial charge in [-0.2, -0.15) is 0 Å². The molecule has 0 saturated carbocycles. The van der Waals surface area contributed by atoms with Crippen LogP contribution in [0.25, 0.3) is 0 Å². The summed E-state index contributed by atoms with van der Waals surface area (Å²) in [5, 5.41) is 0. The van der Waals surface area contributed by atoms with Crippen molar-refractivity contribution in [3.05, 3.63) is 30.1 Å². The molecule has 1 aromatic rings. The van der Waals surface area contributed by atoms with Gasteiger partial charge < -0.3 is 0 Å². The summed E-state index contributed by atoms with van der Waals surface area (Å²) in [7, 11) is 0. The number of rotatable bonds is 4. The first-order valence-corrected chi connectivity index (χ1v) is 5.09. The molecule has 0 aliphatic rings. The fraction of sp³-hybridized carbons (Fsp3) is 0.583. The standard InChI is InChI=1S/C12H19N/c1-4-12(3,5-2)10-11-6-8-13-9-7-11/h6-9H,4-5,10H2,1-3H3. The van der Waals surface area contributed by atoms with E-state index in [0.29, 0.717) is 5.41 Å². The molecule has 1 nitrogen and oxygen atoms in total. The van der Waals surface area contributed by atoms with Crippen molar-refractivity contribution in [3.8, 4) is 0 Å². The Kier molecular flexibility index (Phi) is 3.47. The summed E-state index contributed by atoms with van der Waals surface area (Å²) in [4.78, 5) is 4.03. The van der Waals surface area contributed by atoms with Gasteiger partial charge in [0.25, 0.3) is 0 Å². The Morgan fingerprint density at radius 3 is 2.15 bits per heavy atom. The molecule has 1 heterocycles. The maximum atomic E-state index is 4.03. The lowest BCUT2D eigenvalue weighted by Gasteiger charge is -2.26. The third-order valence-electron chi connectivity index (χ3n) is 3.09. The second-order valence-electron chi connectivity index (χ2n) is 4.05. The minimum atomic E-state index is 0.460. The van der Waals surface area contributed by atoms with Crippen LogP contribution >= 0.6 is 0 Å². The molecular weight excluding hydrogens is 158 g/mol. The lowest BCUT2D eigenvalue weighted by Crippen LogP contribution is -2.17. The highest BCUT2D eigenvalue weighted by Gasteiger charge is 2.19. The second kappa shape index (κ2) is 4.40. The molecule has 0 saturated heterocycles. The minimum Gasteiger partial charge on any atom is -0.265 e. The average molecular weight is 177 g/mol. The summed E-state index contributed by atoms with van der Waals surface area (Å²) < 4.78 is 0. The summed E-state index contributed by atoms with van der Waals surface area (Å²) >= 11 is 0. The summed E-state index contributed by atoms with van der Waals surface area (Å²) in [6.07, 6.45) is 7.41. The van der Waals surface area contributed by atoms with E-state index in [1.807, 2.05) is 12.4 Å². The fourth-order valence-electron chi connectivity index (χ4n) is 1.49. The summed E-state index contributed by atoms with van der Waals surface area (Å²) in [5.41, 5.74) is 1.86. The van der Waals surface area contributed by atoms with Crippen molar-refractivity contribution in [2.24, 2.45) is 5.41 Å². The van der Waals surface area contributed by atoms with E-state index in [-0.39, 0.29) is 0 Å². The molecule has 0 N–H and O–H groups in total. The van der Waals surface area contributed by atoms with Gasteiger partial charge in [-0.15, -0.1) is 0 Å². The highest BCUT2D eigenvalue weighted by molar-refractivity contribution is 5.11. The zero-order valence-corrected chi connectivity index (χ0v) is 8.88. The second-order valence-corrected chi connectivity index (χ2v) is 4.05. The van der Waals surface area contributed by atoms with E-state index in [9.17, 15) is 0 Å². The van der Waals surface area contributed by atoms with Gasteiger partial charge in [0.15, 0.2) is 0 Å². The topological polar surface area (TPSA) is 12.9 Å². The van der Waals surface area contributed by atoms with Gasteiger partial charge in [-0.1, -0.05) is 33.6 Å². The highest BCUT2D eigenvalue weighted by atomic mass is 14.6. The molecule has 0 spiro atoms. The number of nitrogens with zero attached hydrogens (tertiary/aromatic N) is 1. The Hall–Kier alpha value is -0.850. The van der Waals surface area contributed by atoms with Gasteiger partial charge in [-0.25, -0.2) is 0 Å². The van der Waals surface area contributed by atoms with Crippen LogP contribution in [0.15, 0.2) is 24.5 Å². The zero-order valence-electron chi connectivity index (χ0n) is 8.88. The Bertz CT molecular complexity index is 237. The van der Waals surface area contributed by atoms with Crippen molar-refractivity contribution in [1.82, 2.24) is 4.98 Å². The first-order chi connectivity index (χ1) is 6.20. The Balaban J connectivity index is 2.68. The van der Waals surface area contributed by atoms with Crippen LogP contribution in [-0.2, 0) is 6.42 Å². The Labute approximate surface area is 81.2 Å². The van der Waals surface area contributed by atoms with Gasteiger partial charge >= 0.3 is 0 Å². The van der Waals surface area contributed by atoms with Gasteiger partial charge in [0.1, 0.15) is 0 Å². The molecule has 1 rings (SSSR count). The quantitative estimate of drug-likeness (QED) is 0.686. The molecule has 13 heavy (non-hydrogen) atoms. The van der Waals surface area contributed by atoms with E-state index in [0.717, 1.165) is 0 Å². The number of hydrogen-bond donors (Lipinski definition) is 0. The molecule has 1 heteroatoms. The zero-order chi connectivity index (χ0) is 9.73. The summed E-state index contributed by atoms with van der Waals surface area (Å²) in [6, 6.07) is 4.23. The number of hydrogen-bond acceptors (Lipinski definition) is 1. The molecule has 0 fully saturated rings. The SMILES string of the molecule is CCC(C)(CC)Cc1ccncc1. The highest BCUT2D eigenvalue weighted by Crippen LogP contribution is 2.29. The molecule has 72 valence electrons. The molecule has 0 aromatic carbocycles. The smallest absolute Gasteiger partial charge is 0.0270 e. The fourth-order valence-corrected chi connectivity index (χ4v) is 1.49. The predicted molar refractivity (Wildman–Crippen MR) is 56.6 cm³/mol. The third-order valence-corrected chi connectivity index (χ3v) is 3.09. The van der Waals surface area contributed by atoms with E-state index in [1.54, 1.807) is 0 Å². The van der Waals surface area contributed by atoms with Crippen molar-refractivity contribution in [3.63, 3.8) is 0 Å². The van der Waals surface area contributed by atoms with E-state index >= 15 is 0 Å². The maximum Gasteiger partial charge on any atom is 0.0270 e. The maximum absolute atomic E-state index is 4.03. The van der Waals surface area contributed by atoms with Crippen LogP contribution in [0, 0.1) is 5.41 Å². The number of aromatic nitrogens is 1. The van der Waals surface area contributed by atoms with Crippen molar-refractivity contribution >= 4 is 0 Å². The molecule has 0 radical (unpaired) electrons. The lowest BCUT2D eigenvalue weighted by molar-refractivity contribution is 0.296. The van der Waals surface area contributed by atoms with Crippen molar-refractivity contribution < 1.29 is 0 Å². The van der Waals surface area contributed by atoms with Crippen LogP contribution in [0.5, 0.6) is 0 Å². The van der Waals surface area contributed by atoms with Crippen molar-refractivity contribution in [1.29, 1.82) is 0 Å². The molecule has 0 amide bonds. The van der Waals surface area contributed by atoms with Crippen molar-refractivity contribution in [2.75, 3.05) is 0 Å². The van der Waals surface area contributed by atoms with Gasteiger partial charge in [0, 0.05) is 12.4 Å². The molecule has 1 aromatic heterocycles. The van der Waals surface area contributed by atoms with Crippen LogP contribution in [0.3, 0.4) is 0 Å². The van der Waals surface area contributed by atoms with E-state index in [2.05, 4.69) is 37.9 Å². The summed E-state index contributed by atoms with van der Waals surface area (Å²) in [6.45, 7) is 6.89. The Morgan fingerprint density at radius 1 is 1.15 bits per heavy atom. The van der Waals surface area contributed by atoms with Crippen LogP contribution < -0.4 is 0 Å². The molecule has 0 unspecified atom stereocenters. The first kappa shape index (κ1) is 10.2. The normalized spacial score (nSPS) is 11.6. The van der Waals surface area contributed by atoms with E-state index in [1.165, 1.54) is 24.8 Å². The predicted octanol–water partition coefficient (Wildman–Crippen LogP) is 3.45. The van der Waals surface area contributed by atoms with Gasteiger partial charge in [-0.3, -0.25) is 4.98 Å². The average Bonchev–Trinajstić information content (AvgIpc) is 2.19. The van der Waals surface area contributed by atoms with Crippen LogP contribution in [0.1, 0.15) is 39.2 Å². The molecule has 0 atom stereocenters. The molecule has 0 aliphatic carbocycles. The number of pyridine rings is 1. The lowest BCUT2D eigenvalue weighted by atomic mass is 9.79. The molecular formula is C12H19N. The largest absolute Gasteiger partial charge is 0.265 e. The van der Waals surface area contributed by atoms with Gasteiger partial charge in [0.05, 0.1) is 0 Å². The Morgan fingerprint density at radius 2 is 1.69 bits per heavy atom. The van der Waals surface area contributed by atoms with Gasteiger partial charge in [0.2, 0.25) is 0 Å². The monoisotopic (exact) mass is 177 g/mol. The van der Waals surface area contributed by atoms with E-state index < -0.39 is 0 Å². The molecule has 0 aliphatic heterocycles. The van der Waals surface area contributed by atoms with Crippen LogP contribution in [-0.4, -0.2) is 4.98 Å². The minimum absolute atomic E-state index is 0.460. The van der Waals surface area contributed by atoms with Crippen LogP contribution in [0.2, 0.25) is 0 Å². The van der Waals surface area contributed by atoms with Crippen LogP contribution in [0.4, 0.5) is 0 Å².